The van der Waals surface area contributed by atoms with Crippen LogP contribution in [0.4, 0.5) is 0 Å². The highest BCUT2D eigenvalue weighted by molar-refractivity contribution is 6.10. The number of hydrogen-bond acceptors (Lipinski definition) is 2. The molecule has 0 atom stereocenters. The van der Waals surface area contributed by atoms with E-state index >= 15 is 0 Å². The molecule has 9 rings (SSSR count). The largest absolute Gasteiger partial charge is 0.454 e. The van der Waals surface area contributed by atoms with Gasteiger partial charge in [-0.25, -0.2) is 0 Å². The molecule has 2 saturated carbocycles. The van der Waals surface area contributed by atoms with E-state index in [0.717, 1.165) is 28.9 Å². The van der Waals surface area contributed by atoms with Crippen molar-refractivity contribution in [3.63, 3.8) is 0 Å². The Balaban J connectivity index is 1.05. The van der Waals surface area contributed by atoms with E-state index in [1.807, 2.05) is 0 Å². The van der Waals surface area contributed by atoms with Gasteiger partial charge in [-0.2, -0.15) is 0 Å². The van der Waals surface area contributed by atoms with E-state index < -0.39 is 0 Å². The number of benzene rings is 6. The van der Waals surface area contributed by atoms with E-state index in [2.05, 4.69) is 123 Å². The molecule has 0 spiro atoms. The molecule has 0 amide bonds. The lowest BCUT2D eigenvalue weighted by Gasteiger charge is -2.28. The van der Waals surface area contributed by atoms with Crippen LogP contribution >= 0.6 is 0 Å². The first kappa shape index (κ1) is 34.2. The maximum Gasteiger partial charge on any atom is 0.231 e. The van der Waals surface area contributed by atoms with Crippen LogP contribution in [0.3, 0.4) is 0 Å². The van der Waals surface area contributed by atoms with Crippen molar-refractivity contribution in [1.29, 1.82) is 0 Å². The number of rotatable bonds is 9. The quantitative estimate of drug-likeness (QED) is 0.150. The molecule has 2 heteroatoms. The van der Waals surface area contributed by atoms with Gasteiger partial charge in [0.05, 0.1) is 0 Å². The van der Waals surface area contributed by atoms with Crippen molar-refractivity contribution in [1.82, 2.24) is 0 Å². The molecule has 2 fully saturated rings. The monoisotopic (exact) mass is 698 g/mol. The first-order chi connectivity index (χ1) is 26.1. The van der Waals surface area contributed by atoms with Gasteiger partial charge in [-0.1, -0.05) is 131 Å². The van der Waals surface area contributed by atoms with E-state index in [1.54, 1.807) is 0 Å². The molecule has 6 aromatic rings. The highest BCUT2D eigenvalue weighted by Crippen LogP contribution is 2.49. The van der Waals surface area contributed by atoms with Gasteiger partial charge in [0.1, 0.15) is 0 Å². The minimum absolute atomic E-state index is 0.246. The zero-order chi connectivity index (χ0) is 35.7. The third kappa shape index (κ3) is 6.87. The molecule has 6 aromatic carbocycles. The summed E-state index contributed by atoms with van der Waals surface area (Å²) in [5.41, 5.74) is 10.3. The summed E-state index contributed by atoms with van der Waals surface area (Å²) in [6.45, 7) is 4.90. The summed E-state index contributed by atoms with van der Waals surface area (Å²) in [6.07, 6.45) is 16.3. The second kappa shape index (κ2) is 15.1. The topological polar surface area (TPSA) is 18.5 Å². The van der Waals surface area contributed by atoms with Crippen LogP contribution in [0.15, 0.2) is 109 Å². The van der Waals surface area contributed by atoms with E-state index in [-0.39, 0.29) is 6.79 Å². The molecule has 2 aliphatic carbocycles. The lowest BCUT2D eigenvalue weighted by atomic mass is 9.77. The van der Waals surface area contributed by atoms with Gasteiger partial charge in [-0.3, -0.25) is 0 Å². The Morgan fingerprint density at radius 2 is 1.02 bits per heavy atom. The SMILES string of the molecule is CCCC1CCC(c2ccc(-c3ccc4cccc(-c5c6c(cc7ccc(-c8ccc(C9CCC(CCC)CC9)cc8)cc57)OCO6)c4c3)cc2)CC1. The Morgan fingerprint density at radius 1 is 0.491 bits per heavy atom. The molecule has 2 nitrogen and oxygen atoms in total. The molecule has 270 valence electrons. The van der Waals surface area contributed by atoms with Gasteiger partial charge in [-0.05, 0) is 154 Å². The highest BCUT2D eigenvalue weighted by Gasteiger charge is 2.26. The van der Waals surface area contributed by atoms with Crippen LogP contribution in [0.2, 0.25) is 0 Å². The van der Waals surface area contributed by atoms with Crippen molar-refractivity contribution < 1.29 is 9.47 Å². The maximum absolute atomic E-state index is 6.28. The predicted molar refractivity (Wildman–Crippen MR) is 223 cm³/mol. The summed E-state index contributed by atoms with van der Waals surface area (Å²) in [6, 6.07) is 41.6. The lowest BCUT2D eigenvalue weighted by Crippen LogP contribution is -2.13. The molecule has 53 heavy (non-hydrogen) atoms. The first-order valence-electron chi connectivity index (χ1n) is 20.7. The molecule has 1 aliphatic heterocycles. The molecular formula is C51H54O2. The molecule has 0 saturated heterocycles. The second-order valence-corrected chi connectivity index (χ2v) is 16.4. The number of fused-ring (bicyclic) bond motifs is 3. The van der Waals surface area contributed by atoms with Crippen LogP contribution in [0.5, 0.6) is 11.5 Å². The van der Waals surface area contributed by atoms with Gasteiger partial charge in [-0.15, -0.1) is 0 Å². The van der Waals surface area contributed by atoms with Crippen LogP contribution in [0.1, 0.15) is 114 Å². The molecule has 1 heterocycles. The van der Waals surface area contributed by atoms with Crippen molar-refractivity contribution in [2.24, 2.45) is 11.8 Å². The zero-order valence-corrected chi connectivity index (χ0v) is 31.7. The standard InChI is InChI=1S/C51H54O2/c1-3-6-34-10-14-36(15-11-34)38-18-22-40(23-19-38)43-27-26-42-8-5-9-46(47(42)30-43)50-48-31-44(28-29-45(48)32-49-51(50)53-33-52-49)41-24-20-39(21-25-41)37-16-12-35(7-4-2)13-17-37/h5,8-9,18-32,34-37H,3-4,6-7,10-17,33H2,1-2H3. The number of hydrogen-bond donors (Lipinski definition) is 0. The van der Waals surface area contributed by atoms with E-state index in [0.29, 0.717) is 11.8 Å². The zero-order valence-electron chi connectivity index (χ0n) is 31.7. The van der Waals surface area contributed by atoms with E-state index in [9.17, 15) is 0 Å². The first-order valence-corrected chi connectivity index (χ1v) is 20.7. The fourth-order valence-electron chi connectivity index (χ4n) is 10.2. The lowest BCUT2D eigenvalue weighted by molar-refractivity contribution is 0.174. The van der Waals surface area contributed by atoms with Crippen molar-refractivity contribution >= 4 is 21.5 Å². The van der Waals surface area contributed by atoms with Crippen LogP contribution in [-0.2, 0) is 0 Å². The Morgan fingerprint density at radius 3 is 1.58 bits per heavy atom. The molecular weight excluding hydrogens is 645 g/mol. The molecule has 0 N–H and O–H groups in total. The minimum atomic E-state index is 0.246. The highest BCUT2D eigenvalue weighted by atomic mass is 16.7. The summed E-state index contributed by atoms with van der Waals surface area (Å²) in [5.74, 6) is 4.94. The van der Waals surface area contributed by atoms with Crippen LogP contribution in [0.25, 0.3) is 54.9 Å². The average Bonchev–Trinajstić information content (AvgIpc) is 3.69. The smallest absolute Gasteiger partial charge is 0.231 e. The summed E-state index contributed by atoms with van der Waals surface area (Å²) >= 11 is 0. The van der Waals surface area contributed by atoms with Gasteiger partial charge >= 0.3 is 0 Å². The van der Waals surface area contributed by atoms with E-state index in [1.165, 1.54) is 138 Å². The Bertz CT molecular complexity index is 2200. The van der Waals surface area contributed by atoms with Gasteiger partial charge in [0.15, 0.2) is 11.5 Å². The van der Waals surface area contributed by atoms with Crippen LogP contribution < -0.4 is 9.47 Å². The average molecular weight is 699 g/mol. The summed E-state index contributed by atoms with van der Waals surface area (Å²) in [7, 11) is 0. The van der Waals surface area contributed by atoms with Crippen molar-refractivity contribution in [3.8, 4) is 44.9 Å². The van der Waals surface area contributed by atoms with Crippen LogP contribution in [0, 0.1) is 11.8 Å². The summed E-state index contributed by atoms with van der Waals surface area (Å²) in [4.78, 5) is 0. The third-order valence-electron chi connectivity index (χ3n) is 13.1. The normalized spacial score (nSPS) is 21.3. The van der Waals surface area contributed by atoms with Crippen molar-refractivity contribution in [2.75, 3.05) is 6.79 Å². The third-order valence-corrected chi connectivity index (χ3v) is 13.1. The predicted octanol–water partition coefficient (Wildman–Crippen LogP) is 14.9. The van der Waals surface area contributed by atoms with Gasteiger partial charge in [0.25, 0.3) is 0 Å². The van der Waals surface area contributed by atoms with Crippen LogP contribution in [-0.4, -0.2) is 6.79 Å². The second-order valence-electron chi connectivity index (χ2n) is 16.4. The Kier molecular flexibility index (Phi) is 9.72. The van der Waals surface area contributed by atoms with Crippen molar-refractivity contribution in [3.05, 3.63) is 120 Å². The Hall–Kier alpha value is -4.56. The van der Waals surface area contributed by atoms with Gasteiger partial charge < -0.3 is 9.47 Å². The minimum Gasteiger partial charge on any atom is -0.454 e. The molecule has 0 aromatic heterocycles. The molecule has 0 bridgehead atoms. The fourth-order valence-corrected chi connectivity index (χ4v) is 10.2. The fraction of sp³-hybridized carbons (Fsp3) is 0.373. The van der Waals surface area contributed by atoms with Gasteiger partial charge in [0, 0.05) is 5.56 Å². The summed E-state index contributed by atoms with van der Waals surface area (Å²) < 4.78 is 12.3. The maximum atomic E-state index is 6.28. The molecule has 3 aliphatic rings. The summed E-state index contributed by atoms with van der Waals surface area (Å²) in [5, 5.41) is 4.82. The number of ether oxygens (including phenoxy) is 2. The Labute approximate surface area is 316 Å². The molecule has 0 radical (unpaired) electrons. The van der Waals surface area contributed by atoms with E-state index in [4.69, 9.17) is 9.47 Å². The van der Waals surface area contributed by atoms with Crippen molar-refractivity contribution in [2.45, 2.75) is 103 Å². The van der Waals surface area contributed by atoms with Gasteiger partial charge in [0.2, 0.25) is 6.79 Å². The molecule has 0 unspecified atom stereocenters.